The Hall–Kier alpha value is -3.34. The van der Waals surface area contributed by atoms with E-state index in [1.807, 2.05) is 48.5 Å². The van der Waals surface area contributed by atoms with Crippen molar-refractivity contribution in [1.29, 1.82) is 0 Å². The molecule has 28 heavy (non-hydrogen) atoms. The number of carboxylic acid groups (broad SMARTS) is 1. The first-order valence-electron chi connectivity index (χ1n) is 9.16. The quantitative estimate of drug-likeness (QED) is 0.694. The molecule has 0 radical (unpaired) electrons. The first-order chi connectivity index (χ1) is 13.6. The van der Waals surface area contributed by atoms with E-state index >= 15 is 0 Å². The van der Waals surface area contributed by atoms with Crippen LogP contribution in [0.4, 0.5) is 9.18 Å². The molecule has 0 spiro atoms. The van der Waals surface area contributed by atoms with Crippen molar-refractivity contribution in [2.75, 3.05) is 6.54 Å². The average Bonchev–Trinajstić information content (AvgIpc) is 2.72. The zero-order valence-electron chi connectivity index (χ0n) is 15.2. The molecular weight excluding hydrogens is 357 g/mol. The first kappa shape index (κ1) is 18.0. The molecule has 5 heteroatoms. The van der Waals surface area contributed by atoms with Gasteiger partial charge < -0.3 is 9.84 Å². The zero-order chi connectivity index (χ0) is 19.5. The van der Waals surface area contributed by atoms with E-state index in [0.29, 0.717) is 25.3 Å². The van der Waals surface area contributed by atoms with E-state index in [9.17, 15) is 14.3 Å². The normalized spacial score (nSPS) is 15.8. The standard InChI is InChI=1S/C23H20FNO3/c24-19-9-6-18(7-10-19)22-21-14-20(28-15-16-4-2-1-3-5-16)11-8-17(21)12-13-25(22)23(26)27/h1-11,14,22H,12-13,15H2,(H,26,27)/t22-/m0/s1. The Balaban J connectivity index is 1.67. The molecule has 0 bridgehead atoms. The Bertz CT molecular complexity index is 973. The number of hydrogen-bond donors (Lipinski definition) is 1. The van der Waals surface area contributed by atoms with Crippen LogP contribution in [0.2, 0.25) is 0 Å². The first-order valence-corrected chi connectivity index (χ1v) is 9.16. The molecule has 3 aromatic rings. The summed E-state index contributed by atoms with van der Waals surface area (Å²) < 4.78 is 19.3. The number of rotatable bonds is 4. The molecule has 142 valence electrons. The molecule has 4 nitrogen and oxygen atoms in total. The molecule has 0 aromatic heterocycles. The lowest BCUT2D eigenvalue weighted by Gasteiger charge is -2.36. The third-order valence-corrected chi connectivity index (χ3v) is 5.03. The highest BCUT2D eigenvalue weighted by Gasteiger charge is 2.32. The van der Waals surface area contributed by atoms with Crippen LogP contribution in [-0.2, 0) is 13.0 Å². The zero-order valence-corrected chi connectivity index (χ0v) is 15.2. The molecule has 0 aliphatic carbocycles. The SMILES string of the molecule is O=C(O)N1CCc2ccc(OCc3ccccc3)cc2[C@@H]1c1ccc(F)cc1. The predicted molar refractivity (Wildman–Crippen MR) is 104 cm³/mol. The third kappa shape index (κ3) is 3.69. The molecule has 0 fully saturated rings. The fourth-order valence-electron chi connectivity index (χ4n) is 3.63. The maximum Gasteiger partial charge on any atom is 0.408 e. The van der Waals surface area contributed by atoms with E-state index in [1.54, 1.807) is 12.1 Å². The minimum atomic E-state index is -0.990. The molecule has 4 rings (SSSR count). The lowest BCUT2D eigenvalue weighted by atomic mass is 9.88. The molecule has 1 atom stereocenters. The molecule has 0 saturated heterocycles. The summed E-state index contributed by atoms with van der Waals surface area (Å²) in [6.07, 6.45) is -0.353. The number of fused-ring (bicyclic) bond motifs is 1. The summed E-state index contributed by atoms with van der Waals surface area (Å²) >= 11 is 0. The Morgan fingerprint density at radius 3 is 2.54 bits per heavy atom. The summed E-state index contributed by atoms with van der Waals surface area (Å²) in [7, 11) is 0. The average molecular weight is 377 g/mol. The van der Waals surface area contributed by atoms with Crippen LogP contribution in [0, 0.1) is 5.82 Å². The van der Waals surface area contributed by atoms with E-state index in [4.69, 9.17) is 4.74 Å². The minimum absolute atomic E-state index is 0.346. The van der Waals surface area contributed by atoms with E-state index in [2.05, 4.69) is 0 Å². The molecule has 1 amide bonds. The molecule has 1 aliphatic rings. The molecule has 1 N–H and O–H groups in total. The second-order valence-electron chi connectivity index (χ2n) is 6.81. The lowest BCUT2D eigenvalue weighted by Crippen LogP contribution is -2.39. The summed E-state index contributed by atoms with van der Waals surface area (Å²) in [5.74, 6) is 0.337. The molecule has 1 aliphatic heterocycles. The largest absolute Gasteiger partial charge is 0.489 e. The maximum absolute atomic E-state index is 13.4. The topological polar surface area (TPSA) is 49.8 Å². The van der Waals surface area contributed by atoms with Crippen LogP contribution in [0.1, 0.15) is 28.3 Å². The van der Waals surface area contributed by atoms with Crippen molar-refractivity contribution in [3.63, 3.8) is 0 Å². The van der Waals surface area contributed by atoms with E-state index in [1.165, 1.54) is 17.0 Å². The van der Waals surface area contributed by atoms with Crippen LogP contribution in [0.5, 0.6) is 5.75 Å². The predicted octanol–water partition coefficient (Wildman–Crippen LogP) is 5.03. The third-order valence-electron chi connectivity index (χ3n) is 5.03. The molecule has 3 aromatic carbocycles. The van der Waals surface area contributed by atoms with Crippen molar-refractivity contribution in [2.24, 2.45) is 0 Å². The second kappa shape index (κ2) is 7.72. The molecular formula is C23H20FNO3. The van der Waals surface area contributed by atoms with Crippen molar-refractivity contribution < 1.29 is 19.0 Å². The van der Waals surface area contributed by atoms with Crippen molar-refractivity contribution in [3.8, 4) is 5.75 Å². The lowest BCUT2D eigenvalue weighted by molar-refractivity contribution is 0.129. The Labute approximate surface area is 162 Å². The van der Waals surface area contributed by atoms with Gasteiger partial charge in [0.1, 0.15) is 18.2 Å². The molecule has 1 heterocycles. The summed E-state index contributed by atoms with van der Waals surface area (Å²) in [5.41, 5.74) is 3.76. The van der Waals surface area contributed by atoms with Gasteiger partial charge in [-0.25, -0.2) is 9.18 Å². The van der Waals surface area contributed by atoms with Gasteiger partial charge in [-0.05, 0) is 52.9 Å². The number of carbonyl (C=O) groups is 1. The Kier molecular flexibility index (Phi) is 4.98. The van der Waals surface area contributed by atoms with Crippen LogP contribution in [-0.4, -0.2) is 22.6 Å². The summed E-state index contributed by atoms with van der Waals surface area (Å²) in [5, 5.41) is 9.69. The van der Waals surface area contributed by atoms with Gasteiger partial charge in [0.05, 0.1) is 6.04 Å². The van der Waals surface area contributed by atoms with Gasteiger partial charge in [-0.3, -0.25) is 4.90 Å². The van der Waals surface area contributed by atoms with E-state index in [0.717, 1.165) is 22.3 Å². The highest BCUT2D eigenvalue weighted by molar-refractivity contribution is 5.68. The van der Waals surface area contributed by atoms with Gasteiger partial charge in [0.25, 0.3) is 0 Å². The van der Waals surface area contributed by atoms with Crippen LogP contribution in [0.25, 0.3) is 0 Å². The number of ether oxygens (including phenoxy) is 1. The van der Waals surface area contributed by atoms with Gasteiger partial charge in [0.15, 0.2) is 0 Å². The van der Waals surface area contributed by atoms with Crippen molar-refractivity contribution in [3.05, 3.63) is 101 Å². The van der Waals surface area contributed by atoms with Crippen molar-refractivity contribution in [2.45, 2.75) is 19.1 Å². The molecule has 0 unspecified atom stereocenters. The number of benzene rings is 3. The number of hydrogen-bond acceptors (Lipinski definition) is 2. The van der Waals surface area contributed by atoms with Gasteiger partial charge in [0, 0.05) is 6.54 Å². The van der Waals surface area contributed by atoms with Crippen LogP contribution >= 0.6 is 0 Å². The van der Waals surface area contributed by atoms with E-state index < -0.39 is 12.1 Å². The Morgan fingerprint density at radius 1 is 1.07 bits per heavy atom. The van der Waals surface area contributed by atoms with E-state index in [-0.39, 0.29) is 5.82 Å². The van der Waals surface area contributed by atoms with Crippen molar-refractivity contribution in [1.82, 2.24) is 4.90 Å². The fraction of sp³-hybridized carbons (Fsp3) is 0.174. The van der Waals surface area contributed by atoms with Gasteiger partial charge in [-0.15, -0.1) is 0 Å². The van der Waals surface area contributed by atoms with Gasteiger partial charge in [0.2, 0.25) is 0 Å². The van der Waals surface area contributed by atoms with Crippen LogP contribution in [0.3, 0.4) is 0 Å². The van der Waals surface area contributed by atoms with Crippen molar-refractivity contribution >= 4 is 6.09 Å². The monoisotopic (exact) mass is 377 g/mol. The maximum atomic E-state index is 13.4. The highest BCUT2D eigenvalue weighted by atomic mass is 19.1. The number of amides is 1. The smallest absolute Gasteiger partial charge is 0.408 e. The van der Waals surface area contributed by atoms with Gasteiger partial charge >= 0.3 is 6.09 Å². The molecule has 0 saturated carbocycles. The van der Waals surface area contributed by atoms with Gasteiger partial charge in [-0.2, -0.15) is 0 Å². The Morgan fingerprint density at radius 2 is 1.82 bits per heavy atom. The second-order valence-corrected chi connectivity index (χ2v) is 6.81. The van der Waals surface area contributed by atoms with Crippen LogP contribution < -0.4 is 4.74 Å². The summed E-state index contributed by atoms with van der Waals surface area (Å²) in [6.45, 7) is 0.831. The number of halogens is 1. The minimum Gasteiger partial charge on any atom is -0.489 e. The van der Waals surface area contributed by atoms with Gasteiger partial charge in [-0.1, -0.05) is 48.5 Å². The summed E-state index contributed by atoms with van der Waals surface area (Å²) in [4.78, 5) is 13.2. The number of nitrogens with zero attached hydrogens (tertiary/aromatic N) is 1. The van der Waals surface area contributed by atoms with Crippen LogP contribution in [0.15, 0.2) is 72.8 Å². The fourth-order valence-corrected chi connectivity index (χ4v) is 3.63. The summed E-state index contributed by atoms with van der Waals surface area (Å²) in [6, 6.07) is 21.2. The highest BCUT2D eigenvalue weighted by Crippen LogP contribution is 2.37.